The molecule has 1 aromatic carbocycles. The molecule has 1 N–H and O–H groups in total. The second kappa shape index (κ2) is 5.16. The van der Waals surface area contributed by atoms with Crippen LogP contribution in [-0.4, -0.2) is 21.6 Å². The average Bonchev–Trinajstić information content (AvgIpc) is 3.23. The Hall–Kier alpha value is -3.30. The smallest absolute Gasteiger partial charge is 0.275 e. The van der Waals surface area contributed by atoms with Crippen molar-refractivity contribution in [2.75, 3.05) is 7.11 Å². The van der Waals surface area contributed by atoms with Crippen LogP contribution in [0.5, 0.6) is 5.75 Å². The van der Waals surface area contributed by atoms with Crippen molar-refractivity contribution >= 4 is 16.6 Å². The highest BCUT2D eigenvalue weighted by Gasteiger charge is 2.16. The van der Waals surface area contributed by atoms with Crippen molar-refractivity contribution in [3.05, 3.63) is 76.7 Å². The third-order valence-corrected chi connectivity index (χ3v) is 3.82. The number of benzene rings is 1. The van der Waals surface area contributed by atoms with Crippen molar-refractivity contribution in [2.24, 2.45) is 0 Å². The molecule has 2 heterocycles. The van der Waals surface area contributed by atoms with Crippen LogP contribution in [0.4, 0.5) is 0 Å². The lowest BCUT2D eigenvalue weighted by atomic mass is 10.1. The number of nitrogens with one attached hydrogen (secondary N) is 1. The van der Waals surface area contributed by atoms with Gasteiger partial charge in [-0.15, -0.1) is 5.73 Å². The van der Waals surface area contributed by atoms with Crippen molar-refractivity contribution in [1.29, 1.82) is 0 Å². The zero-order valence-corrected chi connectivity index (χ0v) is 12.4. The third kappa shape index (κ3) is 2.11. The van der Waals surface area contributed by atoms with E-state index in [0.717, 1.165) is 22.6 Å². The minimum atomic E-state index is -0.177. The molecule has 0 saturated carbocycles. The van der Waals surface area contributed by atoms with Crippen LogP contribution < -0.4 is 10.3 Å². The van der Waals surface area contributed by atoms with E-state index < -0.39 is 0 Å². The van der Waals surface area contributed by atoms with E-state index in [2.05, 4.69) is 15.7 Å². The standard InChI is InChI=1S/C18H13N3O2/c1-23-14-8-6-13(7-9-14)21-10-15(12-4-2-3-5-12)16-17(21)18(22)20-11-19-16/h2-4,6-11H,1H3,(H,19,20,22). The number of rotatable bonds is 3. The Morgan fingerprint density at radius 2 is 2.09 bits per heavy atom. The normalized spacial score (nSPS) is 12.8. The van der Waals surface area contributed by atoms with E-state index in [4.69, 9.17) is 4.74 Å². The van der Waals surface area contributed by atoms with E-state index in [9.17, 15) is 4.79 Å². The quantitative estimate of drug-likeness (QED) is 0.757. The summed E-state index contributed by atoms with van der Waals surface area (Å²) in [6, 6.07) is 7.53. The van der Waals surface area contributed by atoms with E-state index in [1.54, 1.807) is 7.11 Å². The van der Waals surface area contributed by atoms with Crippen LogP contribution in [0, 0.1) is 0 Å². The van der Waals surface area contributed by atoms with Crippen molar-refractivity contribution in [2.45, 2.75) is 0 Å². The maximum Gasteiger partial charge on any atom is 0.275 e. The molecule has 1 aliphatic carbocycles. The largest absolute Gasteiger partial charge is 0.497 e. The predicted octanol–water partition coefficient (Wildman–Crippen LogP) is 2.83. The number of fused-ring (bicyclic) bond motifs is 1. The highest BCUT2D eigenvalue weighted by Crippen LogP contribution is 2.28. The molecule has 0 saturated heterocycles. The Morgan fingerprint density at radius 3 is 2.78 bits per heavy atom. The van der Waals surface area contributed by atoms with Crippen molar-refractivity contribution in [3.8, 4) is 11.4 Å². The van der Waals surface area contributed by atoms with Crippen LogP contribution >= 0.6 is 0 Å². The minimum Gasteiger partial charge on any atom is -0.497 e. The fourth-order valence-electron chi connectivity index (χ4n) is 2.71. The van der Waals surface area contributed by atoms with Gasteiger partial charge < -0.3 is 14.3 Å². The number of hydrogen-bond donors (Lipinski definition) is 1. The summed E-state index contributed by atoms with van der Waals surface area (Å²) in [7, 11) is 1.62. The first-order chi connectivity index (χ1) is 11.3. The highest BCUT2D eigenvalue weighted by atomic mass is 16.5. The van der Waals surface area contributed by atoms with Gasteiger partial charge in [0.2, 0.25) is 0 Å². The first-order valence-electron chi connectivity index (χ1n) is 7.15. The Kier molecular flexibility index (Phi) is 3.00. The van der Waals surface area contributed by atoms with Crippen LogP contribution in [0.25, 0.3) is 22.3 Å². The molecular formula is C18H13N3O2. The third-order valence-electron chi connectivity index (χ3n) is 3.82. The molecule has 0 atom stereocenters. The molecule has 5 nitrogen and oxygen atoms in total. The molecule has 0 amide bonds. The molecule has 0 spiro atoms. The fourth-order valence-corrected chi connectivity index (χ4v) is 2.71. The van der Waals surface area contributed by atoms with E-state index in [1.165, 1.54) is 6.33 Å². The van der Waals surface area contributed by atoms with Gasteiger partial charge in [-0.3, -0.25) is 4.79 Å². The van der Waals surface area contributed by atoms with Crippen LogP contribution in [0.2, 0.25) is 0 Å². The van der Waals surface area contributed by atoms with E-state index in [1.807, 2.05) is 53.3 Å². The lowest BCUT2D eigenvalue weighted by Gasteiger charge is -2.05. The summed E-state index contributed by atoms with van der Waals surface area (Å²) in [5.74, 6) is 0.766. The SMILES string of the molecule is COc1ccc(-n2cc(C3=C=CC=C3)c3nc[nH]c(=O)c32)cc1. The van der Waals surface area contributed by atoms with Gasteiger partial charge in [-0.2, -0.15) is 0 Å². The van der Waals surface area contributed by atoms with E-state index in [0.29, 0.717) is 11.0 Å². The topological polar surface area (TPSA) is 59.9 Å². The van der Waals surface area contributed by atoms with Crippen molar-refractivity contribution in [1.82, 2.24) is 14.5 Å². The summed E-state index contributed by atoms with van der Waals surface area (Å²) < 4.78 is 7.03. The lowest BCUT2D eigenvalue weighted by molar-refractivity contribution is 0.415. The van der Waals surface area contributed by atoms with Gasteiger partial charge in [-0.1, -0.05) is 6.08 Å². The molecule has 1 aliphatic rings. The number of aromatic amines is 1. The summed E-state index contributed by atoms with van der Waals surface area (Å²) in [5, 5.41) is 0. The van der Waals surface area contributed by atoms with E-state index >= 15 is 0 Å². The number of methoxy groups -OCH3 is 1. The Balaban J connectivity index is 2.01. The first kappa shape index (κ1) is 13.4. The van der Waals surface area contributed by atoms with Crippen molar-refractivity contribution < 1.29 is 4.74 Å². The zero-order valence-electron chi connectivity index (χ0n) is 12.4. The monoisotopic (exact) mass is 303 g/mol. The Morgan fingerprint density at radius 1 is 1.26 bits per heavy atom. The van der Waals surface area contributed by atoms with Gasteiger partial charge in [0.05, 0.1) is 13.4 Å². The molecule has 23 heavy (non-hydrogen) atoms. The molecule has 0 aliphatic heterocycles. The molecule has 2 aromatic heterocycles. The molecule has 0 bridgehead atoms. The van der Waals surface area contributed by atoms with Gasteiger partial charge in [0, 0.05) is 23.0 Å². The van der Waals surface area contributed by atoms with Crippen LogP contribution in [0.15, 0.2) is 65.5 Å². The number of nitrogens with zero attached hydrogens (tertiary/aromatic N) is 2. The number of hydrogen-bond acceptors (Lipinski definition) is 3. The van der Waals surface area contributed by atoms with Gasteiger partial charge in [0.25, 0.3) is 5.56 Å². The first-order valence-corrected chi connectivity index (χ1v) is 7.15. The fraction of sp³-hybridized carbons (Fsp3) is 0.0556. The summed E-state index contributed by atoms with van der Waals surface area (Å²) in [6.45, 7) is 0. The van der Waals surface area contributed by atoms with Gasteiger partial charge in [0.1, 0.15) is 16.8 Å². The van der Waals surface area contributed by atoms with Crippen LogP contribution in [-0.2, 0) is 0 Å². The van der Waals surface area contributed by atoms with Gasteiger partial charge in [-0.25, -0.2) is 4.98 Å². The van der Waals surface area contributed by atoms with Crippen molar-refractivity contribution in [3.63, 3.8) is 0 Å². The van der Waals surface area contributed by atoms with Gasteiger partial charge in [0.15, 0.2) is 0 Å². The number of ether oxygens (including phenoxy) is 1. The highest BCUT2D eigenvalue weighted by molar-refractivity contribution is 5.94. The second-order valence-electron chi connectivity index (χ2n) is 5.12. The molecule has 3 aromatic rings. The number of allylic oxidation sites excluding steroid dienone is 3. The molecule has 0 fully saturated rings. The second-order valence-corrected chi connectivity index (χ2v) is 5.12. The molecule has 5 heteroatoms. The lowest BCUT2D eigenvalue weighted by Crippen LogP contribution is -2.10. The number of H-pyrrole nitrogens is 1. The minimum absolute atomic E-state index is 0.177. The maximum atomic E-state index is 12.3. The molecule has 112 valence electrons. The Labute approximate surface area is 131 Å². The maximum absolute atomic E-state index is 12.3. The molecule has 4 rings (SSSR count). The summed E-state index contributed by atoms with van der Waals surface area (Å²) in [5.41, 5.74) is 6.83. The molecular weight excluding hydrogens is 290 g/mol. The molecule has 0 unspecified atom stereocenters. The Bertz CT molecular complexity index is 1050. The summed E-state index contributed by atoms with van der Waals surface area (Å²) in [4.78, 5) is 19.3. The number of aromatic nitrogens is 3. The zero-order chi connectivity index (χ0) is 15.8. The average molecular weight is 303 g/mol. The van der Waals surface area contributed by atoms with Crippen LogP contribution in [0.1, 0.15) is 5.56 Å². The van der Waals surface area contributed by atoms with E-state index in [-0.39, 0.29) is 5.56 Å². The molecule has 0 radical (unpaired) electrons. The van der Waals surface area contributed by atoms with Crippen LogP contribution in [0.3, 0.4) is 0 Å². The predicted molar refractivity (Wildman–Crippen MR) is 88.9 cm³/mol. The summed E-state index contributed by atoms with van der Waals surface area (Å²) in [6.07, 6.45) is 9.06. The summed E-state index contributed by atoms with van der Waals surface area (Å²) >= 11 is 0. The van der Waals surface area contributed by atoms with Gasteiger partial charge in [-0.05, 0) is 36.4 Å². The van der Waals surface area contributed by atoms with Gasteiger partial charge >= 0.3 is 0 Å².